The first-order valence-corrected chi connectivity index (χ1v) is 10.8. The third-order valence-electron chi connectivity index (χ3n) is 4.69. The average Bonchev–Trinajstić information content (AvgIpc) is 2.77. The highest BCUT2D eigenvalue weighted by Gasteiger charge is 2.18. The van der Waals surface area contributed by atoms with Crippen molar-refractivity contribution in [1.82, 2.24) is 4.90 Å². The first-order valence-electron chi connectivity index (χ1n) is 9.63. The number of benzene rings is 3. The minimum Gasteiger partial charge on any atom is -0.465 e. The highest BCUT2D eigenvalue weighted by molar-refractivity contribution is 7.99. The van der Waals surface area contributed by atoms with Crippen LogP contribution in [-0.4, -0.2) is 34.3 Å². The molecule has 2 N–H and O–H groups in total. The van der Waals surface area contributed by atoms with E-state index in [2.05, 4.69) is 6.07 Å². The Kier molecular flexibility index (Phi) is 7.96. The van der Waals surface area contributed by atoms with Crippen LogP contribution >= 0.6 is 23.4 Å². The third kappa shape index (κ3) is 6.76. The Labute approximate surface area is 190 Å². The van der Waals surface area contributed by atoms with Crippen molar-refractivity contribution in [3.8, 4) is 6.07 Å². The Balaban J connectivity index is 1.58. The van der Waals surface area contributed by atoms with Gasteiger partial charge in [0.25, 0.3) is 0 Å². The molecule has 158 valence electrons. The molecule has 7 heteroatoms. The fraction of sp³-hybridized carbons (Fsp3) is 0.167. The van der Waals surface area contributed by atoms with Crippen LogP contribution in [-0.2, 0) is 6.42 Å². The van der Waals surface area contributed by atoms with Crippen LogP contribution in [0.3, 0.4) is 0 Å². The minimum absolute atomic E-state index is 0.0289. The molecule has 5 nitrogen and oxygen atoms in total. The maximum absolute atomic E-state index is 11.6. The van der Waals surface area contributed by atoms with Crippen LogP contribution in [0.5, 0.6) is 0 Å². The lowest BCUT2D eigenvalue weighted by Crippen LogP contribution is -2.35. The second-order valence-corrected chi connectivity index (χ2v) is 8.52. The molecule has 0 unspecified atom stereocenters. The molecular weight excluding hydrogens is 432 g/mol. The van der Waals surface area contributed by atoms with E-state index in [1.165, 1.54) is 4.90 Å². The number of carboxylic acid groups (broad SMARTS) is 1. The van der Waals surface area contributed by atoms with E-state index in [0.717, 1.165) is 15.4 Å². The van der Waals surface area contributed by atoms with Crippen LogP contribution in [0.4, 0.5) is 4.79 Å². The van der Waals surface area contributed by atoms with Crippen molar-refractivity contribution in [2.75, 3.05) is 13.1 Å². The lowest BCUT2D eigenvalue weighted by molar-refractivity contribution is 0.0973. The van der Waals surface area contributed by atoms with Crippen molar-refractivity contribution in [1.29, 1.82) is 5.26 Å². The van der Waals surface area contributed by atoms with Crippen molar-refractivity contribution >= 4 is 29.5 Å². The molecule has 0 radical (unpaired) electrons. The molecule has 3 aromatic carbocycles. The van der Waals surface area contributed by atoms with Crippen molar-refractivity contribution in [2.45, 2.75) is 22.3 Å². The molecule has 31 heavy (non-hydrogen) atoms. The van der Waals surface area contributed by atoms with Gasteiger partial charge < -0.3 is 15.1 Å². The molecule has 0 aliphatic rings. The summed E-state index contributed by atoms with van der Waals surface area (Å²) in [6.07, 6.45) is -1.49. The Morgan fingerprint density at radius 3 is 2.48 bits per heavy atom. The summed E-state index contributed by atoms with van der Waals surface area (Å²) in [6.45, 7) is 0.239. The molecule has 0 saturated carbocycles. The van der Waals surface area contributed by atoms with Gasteiger partial charge in [0.1, 0.15) is 0 Å². The standard InChI is InChI=1S/C24H21ClN2O3S/c25-20-5-2-4-19(14-20)23(28)16-27(24(29)30)12-11-17-7-9-21(10-8-17)31-22-6-1-3-18(13-22)15-26/h1-10,13-14,23,28H,11-12,16H2,(H,29,30)/t23-/m0/s1. The van der Waals surface area contributed by atoms with Gasteiger partial charge in [-0.1, -0.05) is 53.7 Å². The lowest BCUT2D eigenvalue weighted by atomic mass is 10.1. The predicted octanol–water partition coefficient (Wildman–Crippen LogP) is 5.62. The maximum Gasteiger partial charge on any atom is 0.407 e. The summed E-state index contributed by atoms with van der Waals surface area (Å²) in [5.74, 6) is 0. The normalized spacial score (nSPS) is 11.5. The Hall–Kier alpha value is -2.98. The van der Waals surface area contributed by atoms with Gasteiger partial charge in [-0.25, -0.2) is 4.79 Å². The lowest BCUT2D eigenvalue weighted by Gasteiger charge is -2.23. The van der Waals surface area contributed by atoms with E-state index in [1.54, 1.807) is 42.1 Å². The average molecular weight is 453 g/mol. The molecule has 3 rings (SSSR count). The van der Waals surface area contributed by atoms with Gasteiger partial charge in [0.2, 0.25) is 0 Å². The molecule has 0 spiro atoms. The highest BCUT2D eigenvalue weighted by Crippen LogP contribution is 2.28. The van der Waals surface area contributed by atoms with Crippen molar-refractivity contribution in [3.05, 3.63) is 94.5 Å². The SMILES string of the molecule is N#Cc1cccc(Sc2ccc(CCN(C[C@H](O)c3cccc(Cl)c3)C(=O)O)cc2)c1. The summed E-state index contributed by atoms with van der Waals surface area (Å²) >= 11 is 7.51. The van der Waals surface area contributed by atoms with Gasteiger partial charge in [-0.3, -0.25) is 0 Å². The van der Waals surface area contributed by atoms with Crippen LogP contribution in [0.25, 0.3) is 0 Å². The topological polar surface area (TPSA) is 84.6 Å². The van der Waals surface area contributed by atoms with E-state index in [-0.39, 0.29) is 13.1 Å². The van der Waals surface area contributed by atoms with Crippen LogP contribution in [0.1, 0.15) is 22.8 Å². The van der Waals surface area contributed by atoms with Crippen molar-refractivity contribution < 1.29 is 15.0 Å². The van der Waals surface area contributed by atoms with Gasteiger partial charge in [-0.2, -0.15) is 5.26 Å². The number of aliphatic hydroxyl groups is 1. The van der Waals surface area contributed by atoms with E-state index >= 15 is 0 Å². The van der Waals surface area contributed by atoms with E-state index < -0.39 is 12.2 Å². The zero-order valence-corrected chi connectivity index (χ0v) is 18.2. The van der Waals surface area contributed by atoms with Crippen LogP contribution in [0.2, 0.25) is 5.02 Å². The molecule has 0 fully saturated rings. The van der Waals surface area contributed by atoms with Crippen LogP contribution in [0, 0.1) is 11.3 Å². The smallest absolute Gasteiger partial charge is 0.407 e. The Morgan fingerprint density at radius 2 is 1.81 bits per heavy atom. The predicted molar refractivity (Wildman–Crippen MR) is 121 cm³/mol. The number of nitriles is 1. The van der Waals surface area contributed by atoms with Gasteiger partial charge in [0.05, 0.1) is 24.3 Å². The largest absolute Gasteiger partial charge is 0.465 e. The molecule has 0 aliphatic carbocycles. The van der Waals surface area contributed by atoms with Gasteiger partial charge in [-0.05, 0) is 60.0 Å². The summed E-state index contributed by atoms with van der Waals surface area (Å²) in [7, 11) is 0. The third-order valence-corrected chi connectivity index (χ3v) is 5.92. The number of hydrogen-bond acceptors (Lipinski definition) is 4. The number of halogens is 1. The summed E-state index contributed by atoms with van der Waals surface area (Å²) in [6, 6.07) is 24.2. The molecular formula is C24H21ClN2O3S. The van der Waals surface area contributed by atoms with Gasteiger partial charge in [-0.15, -0.1) is 0 Å². The van der Waals surface area contributed by atoms with Crippen molar-refractivity contribution in [2.24, 2.45) is 0 Å². The monoisotopic (exact) mass is 452 g/mol. The molecule has 0 aliphatic heterocycles. The second kappa shape index (κ2) is 10.9. The quantitative estimate of drug-likeness (QED) is 0.463. The molecule has 1 amide bonds. The minimum atomic E-state index is -1.08. The van der Waals surface area contributed by atoms with E-state index in [1.807, 2.05) is 42.5 Å². The van der Waals surface area contributed by atoms with E-state index in [4.69, 9.17) is 16.9 Å². The zero-order chi connectivity index (χ0) is 22.2. The van der Waals surface area contributed by atoms with Crippen molar-refractivity contribution in [3.63, 3.8) is 0 Å². The number of nitrogens with zero attached hydrogens (tertiary/aromatic N) is 2. The van der Waals surface area contributed by atoms with E-state index in [0.29, 0.717) is 22.6 Å². The maximum atomic E-state index is 11.6. The number of rotatable bonds is 8. The molecule has 0 aromatic heterocycles. The van der Waals surface area contributed by atoms with Crippen LogP contribution in [0.15, 0.2) is 82.6 Å². The summed E-state index contributed by atoms with van der Waals surface area (Å²) in [4.78, 5) is 14.9. The number of aliphatic hydroxyl groups excluding tert-OH is 1. The van der Waals surface area contributed by atoms with Gasteiger partial charge in [0, 0.05) is 21.4 Å². The number of hydrogen-bond donors (Lipinski definition) is 2. The first-order chi connectivity index (χ1) is 14.9. The van der Waals surface area contributed by atoms with Gasteiger partial charge >= 0.3 is 6.09 Å². The number of amides is 1. The molecule has 3 aromatic rings. The summed E-state index contributed by atoms with van der Waals surface area (Å²) < 4.78 is 0. The molecule has 0 saturated heterocycles. The fourth-order valence-corrected chi connectivity index (χ4v) is 4.12. The zero-order valence-electron chi connectivity index (χ0n) is 16.6. The Morgan fingerprint density at radius 1 is 1.06 bits per heavy atom. The Bertz CT molecular complexity index is 1080. The molecule has 0 bridgehead atoms. The summed E-state index contributed by atoms with van der Waals surface area (Å²) in [5, 5.41) is 29.4. The van der Waals surface area contributed by atoms with Gasteiger partial charge in [0.15, 0.2) is 0 Å². The summed E-state index contributed by atoms with van der Waals surface area (Å²) in [5.41, 5.74) is 2.20. The fourth-order valence-electron chi connectivity index (χ4n) is 3.05. The second-order valence-electron chi connectivity index (χ2n) is 6.94. The van der Waals surface area contributed by atoms with Crippen LogP contribution < -0.4 is 0 Å². The highest BCUT2D eigenvalue weighted by atomic mass is 35.5. The molecule has 1 atom stereocenters. The number of carbonyl (C=O) groups is 1. The van der Waals surface area contributed by atoms with E-state index in [9.17, 15) is 15.0 Å². The molecule has 0 heterocycles. The first kappa shape index (κ1) is 22.7.